The van der Waals surface area contributed by atoms with Crippen molar-refractivity contribution in [3.63, 3.8) is 0 Å². The van der Waals surface area contributed by atoms with E-state index in [9.17, 15) is 19.3 Å². The highest BCUT2D eigenvalue weighted by molar-refractivity contribution is 7.17. The van der Waals surface area contributed by atoms with E-state index < -0.39 is 16.8 Å². The molecule has 2 aromatic carbocycles. The third-order valence-electron chi connectivity index (χ3n) is 4.38. The Hall–Kier alpha value is -3.53. The minimum absolute atomic E-state index is 0.0139. The number of aromatic nitrogens is 1. The number of nitrogens with one attached hydrogen (secondary N) is 1. The van der Waals surface area contributed by atoms with Crippen molar-refractivity contribution in [3.8, 4) is 10.8 Å². The number of rotatable bonds is 4. The number of nitrogens with zero attached hydrogens (tertiary/aromatic N) is 3. The van der Waals surface area contributed by atoms with Gasteiger partial charge in [0.2, 0.25) is 5.06 Å². The maximum atomic E-state index is 13.3. The van der Waals surface area contributed by atoms with E-state index in [1.54, 1.807) is 18.2 Å². The number of nitro groups is 1. The van der Waals surface area contributed by atoms with Crippen molar-refractivity contribution in [2.24, 2.45) is 0 Å². The van der Waals surface area contributed by atoms with Crippen molar-refractivity contribution in [2.45, 2.75) is 12.8 Å². The van der Waals surface area contributed by atoms with Gasteiger partial charge in [0, 0.05) is 18.7 Å². The normalized spacial score (nSPS) is 12.9. The number of carbonyl (C=O) groups excluding carboxylic acids is 1. The molecule has 2 heterocycles. The van der Waals surface area contributed by atoms with Crippen LogP contribution in [0.1, 0.15) is 12.0 Å². The van der Waals surface area contributed by atoms with Gasteiger partial charge in [-0.1, -0.05) is 23.5 Å². The molecule has 0 aliphatic carbocycles. The van der Waals surface area contributed by atoms with E-state index in [1.165, 1.54) is 35.4 Å². The van der Waals surface area contributed by atoms with Crippen molar-refractivity contribution in [3.05, 3.63) is 70.2 Å². The Kier molecular flexibility index (Phi) is 5.09. The molecule has 0 fully saturated rings. The van der Waals surface area contributed by atoms with Crippen LogP contribution in [0.25, 0.3) is 0 Å². The minimum Gasteiger partial charge on any atom is -0.445 e. The second kappa shape index (κ2) is 7.84. The quantitative estimate of drug-likeness (QED) is 0.480. The maximum absolute atomic E-state index is 13.3. The van der Waals surface area contributed by atoms with Gasteiger partial charge in [-0.2, -0.15) is 0 Å². The molecule has 0 saturated carbocycles. The number of anilines is 2. The molecule has 29 heavy (non-hydrogen) atoms. The minimum atomic E-state index is -0.433. The van der Waals surface area contributed by atoms with Gasteiger partial charge in [-0.15, -0.1) is 0 Å². The van der Waals surface area contributed by atoms with Crippen LogP contribution in [0.3, 0.4) is 0 Å². The molecule has 0 atom stereocenters. The second-order valence-electron chi connectivity index (χ2n) is 6.26. The first-order valence-electron chi connectivity index (χ1n) is 8.75. The lowest BCUT2D eigenvalue weighted by atomic mass is 10.00. The van der Waals surface area contributed by atoms with Crippen molar-refractivity contribution < 1.29 is 18.8 Å². The summed E-state index contributed by atoms with van der Waals surface area (Å²) in [4.78, 5) is 29.1. The largest absolute Gasteiger partial charge is 0.445 e. The lowest BCUT2D eigenvalue weighted by Gasteiger charge is -2.28. The Balaban J connectivity index is 1.49. The average molecular weight is 414 g/mol. The number of hydrogen-bond donors (Lipinski definition) is 1. The first-order chi connectivity index (χ1) is 14.0. The summed E-state index contributed by atoms with van der Waals surface area (Å²) < 4.78 is 18.8. The van der Waals surface area contributed by atoms with Crippen LogP contribution in [-0.2, 0) is 6.42 Å². The summed E-state index contributed by atoms with van der Waals surface area (Å²) in [6, 6.07) is 9.97. The molecule has 0 bridgehead atoms. The molecular weight excluding hydrogens is 399 g/mol. The van der Waals surface area contributed by atoms with Gasteiger partial charge >= 0.3 is 6.03 Å². The summed E-state index contributed by atoms with van der Waals surface area (Å²) in [5.41, 5.74) is 1.09. The number of carbonyl (C=O) groups is 1. The van der Waals surface area contributed by atoms with Crippen LogP contribution in [0.2, 0.25) is 0 Å². The monoisotopic (exact) mass is 414 g/mol. The number of fused-ring (bicyclic) bond motifs is 1. The molecule has 8 nitrogen and oxygen atoms in total. The van der Waals surface area contributed by atoms with Crippen molar-refractivity contribution in [1.29, 1.82) is 0 Å². The zero-order chi connectivity index (χ0) is 20.4. The van der Waals surface area contributed by atoms with Crippen LogP contribution in [0.15, 0.2) is 48.7 Å². The fourth-order valence-electron chi connectivity index (χ4n) is 3.16. The van der Waals surface area contributed by atoms with Crippen LogP contribution in [-0.4, -0.2) is 22.5 Å². The molecule has 148 valence electrons. The molecule has 3 aromatic rings. The Morgan fingerprint density at radius 3 is 2.93 bits per heavy atom. The van der Waals surface area contributed by atoms with Gasteiger partial charge in [0.25, 0.3) is 5.69 Å². The van der Waals surface area contributed by atoms with E-state index in [0.717, 1.165) is 11.3 Å². The van der Waals surface area contributed by atoms with Gasteiger partial charge in [-0.3, -0.25) is 20.3 Å². The Labute approximate surface area is 168 Å². The SMILES string of the molecule is O=C(Nc1ncc(Oc2cccc(F)c2)s1)N1CCCc2c1cccc2[N+](=O)[O-]. The lowest BCUT2D eigenvalue weighted by Crippen LogP contribution is -2.38. The molecular formula is C19H15FN4O4S. The number of nitro benzene ring substituents is 1. The summed E-state index contributed by atoms with van der Waals surface area (Å²) in [5.74, 6) is -0.0952. The van der Waals surface area contributed by atoms with Crippen LogP contribution < -0.4 is 15.0 Å². The topological polar surface area (TPSA) is 97.6 Å². The van der Waals surface area contributed by atoms with Crippen LogP contribution in [0, 0.1) is 15.9 Å². The second-order valence-corrected chi connectivity index (χ2v) is 7.25. The van der Waals surface area contributed by atoms with Crippen LogP contribution >= 0.6 is 11.3 Å². The zero-order valence-corrected chi connectivity index (χ0v) is 15.8. The number of thiazole rings is 1. The van der Waals surface area contributed by atoms with Gasteiger partial charge in [0.15, 0.2) is 5.13 Å². The number of benzene rings is 2. The predicted octanol–water partition coefficient (Wildman–Crippen LogP) is 4.97. The summed E-state index contributed by atoms with van der Waals surface area (Å²) in [5, 5.41) is 14.6. The zero-order valence-electron chi connectivity index (χ0n) is 15.0. The van der Waals surface area contributed by atoms with Crippen LogP contribution in [0.4, 0.5) is 25.7 Å². The molecule has 1 aliphatic rings. The third kappa shape index (κ3) is 4.02. The number of amides is 2. The van der Waals surface area contributed by atoms with E-state index in [4.69, 9.17) is 4.74 Å². The Morgan fingerprint density at radius 1 is 1.31 bits per heavy atom. The lowest BCUT2D eigenvalue weighted by molar-refractivity contribution is -0.385. The summed E-state index contributed by atoms with van der Waals surface area (Å²) >= 11 is 1.09. The smallest absolute Gasteiger partial charge is 0.328 e. The maximum Gasteiger partial charge on any atom is 0.328 e. The molecule has 4 rings (SSSR count). The average Bonchev–Trinajstić information content (AvgIpc) is 3.13. The standard InChI is InChI=1S/C19H15FN4O4S/c20-12-4-1-5-13(10-12)28-17-11-21-18(29-17)22-19(25)23-9-3-6-14-15(23)7-2-8-16(14)24(26)27/h1-2,4-5,7-8,10-11H,3,6,9H2,(H,21,22,25). The highest BCUT2D eigenvalue weighted by Gasteiger charge is 2.28. The van der Waals surface area contributed by atoms with Gasteiger partial charge in [0.1, 0.15) is 11.6 Å². The summed E-state index contributed by atoms with van der Waals surface area (Å²) in [6.07, 6.45) is 2.59. The van der Waals surface area contributed by atoms with Crippen LogP contribution in [0.5, 0.6) is 10.8 Å². The predicted molar refractivity (Wildman–Crippen MR) is 106 cm³/mol. The first kappa shape index (κ1) is 18.8. The molecule has 0 radical (unpaired) electrons. The molecule has 0 unspecified atom stereocenters. The van der Waals surface area contributed by atoms with E-state index in [-0.39, 0.29) is 5.69 Å². The fourth-order valence-corrected chi connectivity index (χ4v) is 3.84. The van der Waals surface area contributed by atoms with E-state index in [2.05, 4.69) is 10.3 Å². The van der Waals surface area contributed by atoms with E-state index >= 15 is 0 Å². The molecule has 0 spiro atoms. The molecule has 1 aliphatic heterocycles. The van der Waals surface area contributed by atoms with E-state index in [1.807, 2.05) is 0 Å². The molecule has 10 heteroatoms. The fraction of sp³-hybridized carbons (Fsp3) is 0.158. The van der Waals surface area contributed by atoms with Gasteiger partial charge in [0.05, 0.1) is 22.4 Å². The summed E-state index contributed by atoms with van der Waals surface area (Å²) in [7, 11) is 0. The number of ether oxygens (including phenoxy) is 1. The van der Waals surface area contributed by atoms with Gasteiger partial charge < -0.3 is 4.74 Å². The van der Waals surface area contributed by atoms with Crippen molar-refractivity contribution in [1.82, 2.24) is 4.98 Å². The summed E-state index contributed by atoms with van der Waals surface area (Å²) in [6.45, 7) is 0.442. The number of halogens is 1. The molecule has 0 saturated heterocycles. The Morgan fingerprint density at radius 2 is 2.14 bits per heavy atom. The van der Waals surface area contributed by atoms with E-state index in [0.29, 0.717) is 46.6 Å². The Bertz CT molecular complexity index is 1090. The first-order valence-corrected chi connectivity index (χ1v) is 9.57. The number of urea groups is 1. The highest BCUT2D eigenvalue weighted by Crippen LogP contribution is 2.35. The third-order valence-corrected chi connectivity index (χ3v) is 5.17. The molecule has 1 N–H and O–H groups in total. The number of hydrogen-bond acceptors (Lipinski definition) is 6. The van der Waals surface area contributed by atoms with Crippen molar-refractivity contribution >= 4 is 33.9 Å². The van der Waals surface area contributed by atoms with Gasteiger partial charge in [-0.25, -0.2) is 14.2 Å². The molecule has 1 aromatic heterocycles. The van der Waals surface area contributed by atoms with Gasteiger partial charge in [-0.05, 0) is 31.0 Å². The van der Waals surface area contributed by atoms with Crippen molar-refractivity contribution in [2.75, 3.05) is 16.8 Å². The molecule has 2 amide bonds. The highest BCUT2D eigenvalue weighted by atomic mass is 32.1.